The number of methoxy groups -OCH3 is 1. The van der Waals surface area contributed by atoms with Gasteiger partial charge in [0.05, 0.1) is 29.5 Å². The summed E-state index contributed by atoms with van der Waals surface area (Å²) in [5.74, 6) is 1.65. The fourth-order valence-corrected chi connectivity index (χ4v) is 6.48. The number of alkyl halides is 6. The zero-order chi connectivity index (χ0) is 35.9. The Hall–Kier alpha value is -4.35. The van der Waals surface area contributed by atoms with Crippen LogP contribution in [0.5, 0.6) is 5.75 Å². The maximum atomic E-state index is 13.9. The molecule has 2 aromatic carbocycles. The van der Waals surface area contributed by atoms with E-state index in [0.29, 0.717) is 41.2 Å². The predicted molar refractivity (Wildman–Crippen MR) is 176 cm³/mol. The van der Waals surface area contributed by atoms with Gasteiger partial charge in [0.1, 0.15) is 11.5 Å². The molecule has 12 heteroatoms. The van der Waals surface area contributed by atoms with Crippen molar-refractivity contribution in [3.8, 4) is 16.9 Å². The standard InChI is InChI=1S/C37H40F6N4O2/c1-21(2)25-8-9-32(48-7)31(14-25)30-10-11-35(5,6)16-26(30)20-47(34-44-17-27(18-45-34)33-22(3)46-49-23(33)4)19-24-12-28(36(38,39)40)15-29(13-24)37(41,42)43/h8-9,12-15,17-18,21H,10-11,16,19-20H2,1-7H3. The van der Waals surface area contributed by atoms with Gasteiger partial charge in [-0.1, -0.05) is 38.9 Å². The molecule has 0 N–H and O–H groups in total. The van der Waals surface area contributed by atoms with Gasteiger partial charge in [-0.05, 0) is 97.0 Å². The van der Waals surface area contributed by atoms with Crippen molar-refractivity contribution in [3.63, 3.8) is 0 Å². The molecular formula is C37H40F6N4O2. The summed E-state index contributed by atoms with van der Waals surface area (Å²) in [5, 5.41) is 3.98. The van der Waals surface area contributed by atoms with Crippen LogP contribution in [0.3, 0.4) is 0 Å². The number of halogens is 6. The summed E-state index contributed by atoms with van der Waals surface area (Å²) in [6.07, 6.45) is -4.60. The van der Waals surface area contributed by atoms with Crippen LogP contribution in [0.2, 0.25) is 0 Å². The maximum absolute atomic E-state index is 13.9. The van der Waals surface area contributed by atoms with Gasteiger partial charge in [-0.2, -0.15) is 26.3 Å². The molecule has 2 heterocycles. The van der Waals surface area contributed by atoms with Crippen molar-refractivity contribution >= 4 is 11.5 Å². The zero-order valence-electron chi connectivity index (χ0n) is 28.6. The quantitative estimate of drug-likeness (QED) is 0.163. The van der Waals surface area contributed by atoms with E-state index in [4.69, 9.17) is 9.26 Å². The van der Waals surface area contributed by atoms with Crippen LogP contribution in [-0.4, -0.2) is 28.8 Å². The first kappa shape index (κ1) is 35.9. The highest BCUT2D eigenvalue weighted by atomic mass is 19.4. The van der Waals surface area contributed by atoms with E-state index < -0.39 is 23.5 Å². The molecule has 1 aliphatic rings. The third-order valence-electron chi connectivity index (χ3n) is 9.03. The Kier molecular flexibility index (Phi) is 9.91. The summed E-state index contributed by atoms with van der Waals surface area (Å²) < 4.78 is 94.2. The highest BCUT2D eigenvalue weighted by Crippen LogP contribution is 2.46. The van der Waals surface area contributed by atoms with Crippen LogP contribution in [0.4, 0.5) is 32.3 Å². The minimum Gasteiger partial charge on any atom is -0.496 e. The van der Waals surface area contributed by atoms with Crippen LogP contribution in [-0.2, 0) is 18.9 Å². The molecule has 0 saturated carbocycles. The van der Waals surface area contributed by atoms with E-state index in [1.165, 1.54) is 0 Å². The van der Waals surface area contributed by atoms with E-state index in [-0.39, 0.29) is 42.0 Å². The fraction of sp³-hybridized carbons (Fsp3) is 0.432. The highest BCUT2D eigenvalue weighted by Gasteiger charge is 2.37. The Morgan fingerprint density at radius 2 is 1.55 bits per heavy atom. The van der Waals surface area contributed by atoms with Crippen molar-refractivity contribution < 1.29 is 35.6 Å². The van der Waals surface area contributed by atoms with Crippen LogP contribution < -0.4 is 9.64 Å². The van der Waals surface area contributed by atoms with E-state index in [0.717, 1.165) is 40.8 Å². The summed E-state index contributed by atoms with van der Waals surface area (Å²) in [6.45, 7) is 11.9. The number of anilines is 1. The number of ether oxygens (including phenoxy) is 1. The third-order valence-corrected chi connectivity index (χ3v) is 9.03. The van der Waals surface area contributed by atoms with Gasteiger partial charge >= 0.3 is 12.4 Å². The minimum atomic E-state index is -4.98. The zero-order valence-corrected chi connectivity index (χ0v) is 28.6. The average molecular weight is 687 g/mol. The number of benzene rings is 2. The molecule has 4 aromatic rings. The number of hydrogen-bond acceptors (Lipinski definition) is 6. The molecule has 0 radical (unpaired) electrons. The second kappa shape index (κ2) is 13.5. The molecule has 0 spiro atoms. The second-order valence-corrected chi connectivity index (χ2v) is 13.8. The molecule has 262 valence electrons. The number of hydrogen-bond donors (Lipinski definition) is 0. The molecule has 5 rings (SSSR count). The van der Waals surface area contributed by atoms with Gasteiger partial charge < -0.3 is 14.2 Å². The van der Waals surface area contributed by atoms with E-state index >= 15 is 0 Å². The number of rotatable bonds is 9. The van der Waals surface area contributed by atoms with Crippen LogP contribution in [0, 0.1) is 19.3 Å². The number of aromatic nitrogens is 3. The van der Waals surface area contributed by atoms with Gasteiger partial charge in [0.15, 0.2) is 0 Å². The summed E-state index contributed by atoms with van der Waals surface area (Å²) in [5.41, 5.74) is 2.99. The number of allylic oxidation sites excluding steroid dienone is 1. The third kappa shape index (κ3) is 8.11. The Balaban J connectivity index is 1.66. The fourth-order valence-electron chi connectivity index (χ4n) is 6.48. The van der Waals surface area contributed by atoms with Crippen LogP contribution in [0.25, 0.3) is 16.7 Å². The summed E-state index contributed by atoms with van der Waals surface area (Å²) >= 11 is 0. The molecule has 0 aliphatic heterocycles. The molecule has 49 heavy (non-hydrogen) atoms. The van der Waals surface area contributed by atoms with Crippen molar-refractivity contribution in [2.45, 2.75) is 85.6 Å². The lowest BCUT2D eigenvalue weighted by Gasteiger charge is -2.36. The number of nitrogens with zero attached hydrogens (tertiary/aromatic N) is 4. The highest BCUT2D eigenvalue weighted by molar-refractivity contribution is 5.75. The SMILES string of the molecule is COc1ccc(C(C)C)cc1C1=C(CN(Cc2cc(C(F)(F)F)cc(C(F)(F)F)c2)c2ncc(-c3c(C)noc3C)cn2)CC(C)(C)CC1. The van der Waals surface area contributed by atoms with Gasteiger partial charge in [-0.25, -0.2) is 9.97 Å². The van der Waals surface area contributed by atoms with E-state index in [1.54, 1.807) is 38.3 Å². The monoisotopic (exact) mass is 686 g/mol. The van der Waals surface area contributed by atoms with Crippen molar-refractivity contribution in [3.05, 3.63) is 93.6 Å². The molecular weight excluding hydrogens is 646 g/mol. The van der Waals surface area contributed by atoms with Gasteiger partial charge in [-0.15, -0.1) is 0 Å². The minimum absolute atomic E-state index is 0.110. The topological polar surface area (TPSA) is 64.3 Å². The van der Waals surface area contributed by atoms with E-state index in [1.807, 2.05) is 12.1 Å². The van der Waals surface area contributed by atoms with Crippen molar-refractivity contribution in [1.29, 1.82) is 0 Å². The first-order valence-electron chi connectivity index (χ1n) is 16.0. The van der Waals surface area contributed by atoms with Crippen molar-refractivity contribution in [2.24, 2.45) is 5.41 Å². The lowest BCUT2D eigenvalue weighted by molar-refractivity contribution is -0.143. The van der Waals surface area contributed by atoms with Gasteiger partial charge in [0, 0.05) is 36.6 Å². The Morgan fingerprint density at radius 3 is 2.08 bits per heavy atom. The molecule has 0 bridgehead atoms. The summed E-state index contributed by atoms with van der Waals surface area (Å²) in [6, 6.07) is 7.72. The molecule has 0 saturated heterocycles. The lowest BCUT2D eigenvalue weighted by Crippen LogP contribution is -2.31. The second-order valence-electron chi connectivity index (χ2n) is 13.8. The van der Waals surface area contributed by atoms with Crippen molar-refractivity contribution in [2.75, 3.05) is 18.6 Å². The first-order chi connectivity index (χ1) is 22.9. The molecule has 6 nitrogen and oxygen atoms in total. The molecule has 0 unspecified atom stereocenters. The lowest BCUT2D eigenvalue weighted by atomic mass is 9.72. The predicted octanol–water partition coefficient (Wildman–Crippen LogP) is 10.6. The Labute approximate surface area is 282 Å². The Morgan fingerprint density at radius 1 is 0.918 bits per heavy atom. The largest absolute Gasteiger partial charge is 0.496 e. The first-order valence-corrected chi connectivity index (χ1v) is 16.0. The number of aryl methyl sites for hydroxylation is 2. The summed E-state index contributed by atoms with van der Waals surface area (Å²) in [7, 11) is 1.60. The van der Waals surface area contributed by atoms with E-state index in [9.17, 15) is 26.3 Å². The maximum Gasteiger partial charge on any atom is 0.416 e. The molecule has 1 aliphatic carbocycles. The Bertz CT molecular complexity index is 1790. The van der Waals surface area contributed by atoms with Crippen molar-refractivity contribution in [1.82, 2.24) is 15.1 Å². The normalized spacial score (nSPS) is 15.2. The van der Waals surface area contributed by atoms with Gasteiger partial charge in [0.25, 0.3) is 0 Å². The molecule has 2 aromatic heterocycles. The molecule has 0 atom stereocenters. The molecule has 0 fully saturated rings. The van der Waals surface area contributed by atoms with Gasteiger partial charge in [0.2, 0.25) is 5.95 Å². The van der Waals surface area contributed by atoms with Crippen LogP contribution in [0.15, 0.2) is 58.9 Å². The summed E-state index contributed by atoms with van der Waals surface area (Å²) in [4.78, 5) is 10.8. The van der Waals surface area contributed by atoms with E-state index in [2.05, 4.69) is 48.9 Å². The molecule has 0 amide bonds. The van der Waals surface area contributed by atoms with Gasteiger partial charge in [-0.3, -0.25) is 0 Å². The average Bonchev–Trinajstić information content (AvgIpc) is 3.36. The smallest absolute Gasteiger partial charge is 0.416 e. The van der Waals surface area contributed by atoms with Crippen LogP contribution >= 0.6 is 0 Å². The van der Waals surface area contributed by atoms with Crippen LogP contribution in [0.1, 0.15) is 92.1 Å².